The van der Waals surface area contributed by atoms with Gasteiger partial charge in [0.2, 0.25) is 5.91 Å². The van der Waals surface area contributed by atoms with Crippen LogP contribution in [-0.2, 0) is 28.6 Å². The molecule has 1 aromatic heterocycles. The Morgan fingerprint density at radius 1 is 1.00 bits per heavy atom. The number of aromatic nitrogens is 1. The monoisotopic (exact) mass is 705 g/mol. The molecule has 0 radical (unpaired) electrons. The summed E-state index contributed by atoms with van der Waals surface area (Å²) < 4.78 is 28.4. The van der Waals surface area contributed by atoms with Crippen molar-refractivity contribution in [3.8, 4) is 11.5 Å². The number of benzene rings is 3. The van der Waals surface area contributed by atoms with Gasteiger partial charge in [0.25, 0.3) is 5.91 Å². The molecule has 2 amide bonds. The lowest BCUT2D eigenvalue weighted by Crippen LogP contribution is -2.46. The highest BCUT2D eigenvalue weighted by atomic mass is 35.5. The van der Waals surface area contributed by atoms with E-state index in [-0.39, 0.29) is 31.9 Å². The lowest BCUT2D eigenvalue weighted by atomic mass is 9.92. The Hall–Kier alpha value is -5.07. The third-order valence-corrected chi connectivity index (χ3v) is 8.40. The highest BCUT2D eigenvalue weighted by molar-refractivity contribution is 6.30. The van der Waals surface area contributed by atoms with Crippen LogP contribution < -0.4 is 19.7 Å². The average molecular weight is 706 g/mol. The molecule has 0 saturated heterocycles. The van der Waals surface area contributed by atoms with Crippen LogP contribution in [0.3, 0.4) is 0 Å². The van der Waals surface area contributed by atoms with E-state index in [1.807, 2.05) is 13.8 Å². The highest BCUT2D eigenvalue weighted by Crippen LogP contribution is 2.45. The molecule has 5 rings (SSSR count). The quantitative estimate of drug-likeness (QED) is 0.159. The molecule has 1 aliphatic heterocycles. The standard InChI is InChI=1S/C37H40ClN3O9/c1-7-48-36(45)27-16-22-10-8-12-26(32(22)40-27)39-31(43)18-30-35(44)41(19-37(3,4)20-49-21(2)42)28-15-14-23(38)17-25(28)33(50-30)24-11-9-13-29(46-5)34(24)47-6/h8-17,30,33,40H,7,18-20H2,1-6H3,(H,39,43)/t30-,33-/m1/s1. The number of hydrogen-bond acceptors (Lipinski definition) is 9. The number of nitrogens with zero attached hydrogens (tertiary/aromatic N) is 1. The number of fused-ring (bicyclic) bond motifs is 2. The van der Waals surface area contributed by atoms with Gasteiger partial charge in [0.1, 0.15) is 17.9 Å². The number of nitrogens with one attached hydrogen (secondary N) is 2. The van der Waals surface area contributed by atoms with Crippen LogP contribution in [0.4, 0.5) is 11.4 Å². The van der Waals surface area contributed by atoms with Crippen LogP contribution in [0.1, 0.15) is 61.8 Å². The normalized spacial score (nSPS) is 16.0. The van der Waals surface area contributed by atoms with E-state index in [0.717, 1.165) is 0 Å². The summed E-state index contributed by atoms with van der Waals surface area (Å²) in [6, 6.07) is 17.3. The van der Waals surface area contributed by atoms with Gasteiger partial charge >= 0.3 is 11.9 Å². The Morgan fingerprint density at radius 2 is 1.76 bits per heavy atom. The molecule has 12 nitrogen and oxygen atoms in total. The fourth-order valence-corrected chi connectivity index (χ4v) is 6.13. The van der Waals surface area contributed by atoms with Gasteiger partial charge in [-0.15, -0.1) is 0 Å². The van der Waals surface area contributed by atoms with Gasteiger partial charge in [0.15, 0.2) is 11.5 Å². The SMILES string of the molecule is CCOC(=O)c1cc2cccc(NC(=O)C[C@H]3O[C@H](c4cccc(OC)c4OC)c4cc(Cl)ccc4N(CC(C)(C)COC(C)=O)C3=O)c2[nH]1. The van der Waals surface area contributed by atoms with Crippen molar-refractivity contribution in [3.05, 3.63) is 82.5 Å². The van der Waals surface area contributed by atoms with Crippen LogP contribution in [0.15, 0.2) is 60.7 Å². The Labute approximate surface area is 294 Å². The molecule has 13 heteroatoms. The van der Waals surface area contributed by atoms with Crippen molar-refractivity contribution >= 4 is 57.6 Å². The molecule has 3 aromatic carbocycles. The lowest BCUT2D eigenvalue weighted by molar-refractivity contribution is -0.144. The predicted molar refractivity (Wildman–Crippen MR) is 188 cm³/mol. The molecule has 2 N–H and O–H groups in total. The third kappa shape index (κ3) is 7.87. The summed E-state index contributed by atoms with van der Waals surface area (Å²) in [5, 5.41) is 3.97. The Kier molecular flexibility index (Phi) is 11.0. The molecule has 264 valence electrons. The van der Waals surface area contributed by atoms with Crippen molar-refractivity contribution in [1.82, 2.24) is 4.98 Å². The molecule has 50 heavy (non-hydrogen) atoms. The molecule has 1 aliphatic rings. The van der Waals surface area contributed by atoms with Gasteiger partial charge < -0.3 is 38.9 Å². The summed E-state index contributed by atoms with van der Waals surface area (Å²) in [4.78, 5) is 57.0. The van der Waals surface area contributed by atoms with Crippen molar-refractivity contribution in [3.63, 3.8) is 0 Å². The molecule has 0 fully saturated rings. The van der Waals surface area contributed by atoms with Crippen LogP contribution in [0.25, 0.3) is 10.9 Å². The van der Waals surface area contributed by atoms with Crippen molar-refractivity contribution in [2.24, 2.45) is 5.41 Å². The molecule has 2 heterocycles. The maximum atomic E-state index is 14.6. The number of para-hydroxylation sites is 2. The number of amides is 2. The minimum Gasteiger partial charge on any atom is -0.493 e. The Balaban J connectivity index is 1.56. The number of aromatic amines is 1. The van der Waals surface area contributed by atoms with E-state index in [1.54, 1.807) is 72.5 Å². The fraction of sp³-hybridized carbons (Fsp3) is 0.351. The average Bonchev–Trinajstić information content (AvgIpc) is 3.50. The van der Waals surface area contributed by atoms with Crippen LogP contribution in [0.2, 0.25) is 5.02 Å². The second-order valence-electron chi connectivity index (χ2n) is 12.6. The summed E-state index contributed by atoms with van der Waals surface area (Å²) in [5.41, 5.74) is 2.10. The van der Waals surface area contributed by atoms with Gasteiger partial charge in [0.05, 0.1) is 45.1 Å². The number of anilines is 2. The van der Waals surface area contributed by atoms with Gasteiger partial charge in [-0.05, 0) is 43.3 Å². The number of carbonyl (C=O) groups excluding carboxylic acids is 4. The molecule has 4 aromatic rings. The van der Waals surface area contributed by atoms with Crippen molar-refractivity contribution in [2.75, 3.05) is 44.2 Å². The predicted octanol–water partition coefficient (Wildman–Crippen LogP) is 6.45. The number of hydrogen-bond donors (Lipinski definition) is 2. The van der Waals surface area contributed by atoms with E-state index in [2.05, 4.69) is 10.3 Å². The van der Waals surface area contributed by atoms with Gasteiger partial charge in [-0.2, -0.15) is 0 Å². The van der Waals surface area contributed by atoms with Crippen LogP contribution >= 0.6 is 11.6 Å². The van der Waals surface area contributed by atoms with Crippen molar-refractivity contribution in [1.29, 1.82) is 0 Å². The third-order valence-electron chi connectivity index (χ3n) is 8.17. The van der Waals surface area contributed by atoms with Gasteiger partial charge in [0, 0.05) is 46.1 Å². The molecule has 0 spiro atoms. The zero-order chi connectivity index (χ0) is 36.2. The largest absolute Gasteiger partial charge is 0.493 e. The van der Waals surface area contributed by atoms with Gasteiger partial charge in [-0.1, -0.05) is 49.7 Å². The smallest absolute Gasteiger partial charge is 0.354 e. The van der Waals surface area contributed by atoms with Crippen LogP contribution in [-0.4, -0.2) is 68.8 Å². The van der Waals surface area contributed by atoms with Gasteiger partial charge in [-0.25, -0.2) is 4.79 Å². The summed E-state index contributed by atoms with van der Waals surface area (Å²) in [7, 11) is 3.02. The van der Waals surface area contributed by atoms with E-state index in [9.17, 15) is 19.2 Å². The van der Waals surface area contributed by atoms with Crippen LogP contribution in [0.5, 0.6) is 11.5 Å². The zero-order valence-corrected chi connectivity index (χ0v) is 29.5. The maximum absolute atomic E-state index is 14.6. The molecular formula is C37H40ClN3O9. The number of halogens is 1. The molecule has 0 bridgehead atoms. The first-order valence-electron chi connectivity index (χ1n) is 16.0. The maximum Gasteiger partial charge on any atom is 0.354 e. The van der Waals surface area contributed by atoms with Crippen molar-refractivity contribution < 1.29 is 42.9 Å². The summed E-state index contributed by atoms with van der Waals surface area (Å²) >= 11 is 6.55. The minimum absolute atomic E-state index is 0.0438. The lowest BCUT2D eigenvalue weighted by Gasteiger charge is -2.33. The number of esters is 2. The zero-order valence-electron chi connectivity index (χ0n) is 28.8. The van der Waals surface area contributed by atoms with E-state index in [4.69, 9.17) is 35.3 Å². The molecule has 2 atom stereocenters. The molecular weight excluding hydrogens is 666 g/mol. The number of ether oxygens (including phenoxy) is 5. The first-order chi connectivity index (χ1) is 23.8. The second kappa shape index (κ2) is 15.2. The van der Waals surface area contributed by atoms with E-state index < -0.39 is 41.4 Å². The molecule has 0 aliphatic carbocycles. The van der Waals surface area contributed by atoms with Gasteiger partial charge in [-0.3, -0.25) is 14.4 Å². The summed E-state index contributed by atoms with van der Waals surface area (Å²) in [5.74, 6) is -1.12. The minimum atomic E-state index is -1.29. The van der Waals surface area contributed by atoms with E-state index >= 15 is 0 Å². The van der Waals surface area contributed by atoms with Crippen molar-refractivity contribution in [2.45, 2.75) is 46.3 Å². The second-order valence-corrected chi connectivity index (χ2v) is 13.0. The summed E-state index contributed by atoms with van der Waals surface area (Å²) in [6.45, 7) is 7.16. The summed E-state index contributed by atoms with van der Waals surface area (Å²) in [6.07, 6.45) is -2.58. The highest BCUT2D eigenvalue weighted by Gasteiger charge is 2.41. The number of methoxy groups -OCH3 is 2. The van der Waals surface area contributed by atoms with E-state index in [0.29, 0.717) is 49.9 Å². The Morgan fingerprint density at radius 3 is 2.46 bits per heavy atom. The van der Waals surface area contributed by atoms with Crippen LogP contribution in [0, 0.1) is 5.41 Å². The topological polar surface area (TPSA) is 145 Å². The first kappa shape index (κ1) is 36.2. The molecule has 0 unspecified atom stereocenters. The van der Waals surface area contributed by atoms with E-state index in [1.165, 1.54) is 21.1 Å². The number of carbonyl (C=O) groups is 4. The number of rotatable bonds is 12. The first-order valence-corrected chi connectivity index (χ1v) is 16.4. The fourth-order valence-electron chi connectivity index (χ4n) is 5.95. The molecule has 0 saturated carbocycles. The number of H-pyrrole nitrogens is 1. The Bertz CT molecular complexity index is 1920.